The van der Waals surface area contributed by atoms with Crippen LogP contribution in [0, 0.1) is 0 Å². The number of hydrogen-bond donors (Lipinski definition) is 1. The lowest BCUT2D eigenvalue weighted by atomic mass is 9.97. The molecule has 22 heavy (non-hydrogen) atoms. The molecule has 3 nitrogen and oxygen atoms in total. The maximum absolute atomic E-state index is 13.2. The van der Waals surface area contributed by atoms with Gasteiger partial charge in [-0.1, -0.05) is 18.2 Å². The van der Waals surface area contributed by atoms with Gasteiger partial charge in [-0.2, -0.15) is 18.3 Å². The Bertz CT molecular complexity index is 809. The molecule has 2 aromatic carbocycles. The van der Waals surface area contributed by atoms with E-state index in [1.165, 1.54) is 12.1 Å². The molecule has 0 unspecified atom stereocenters. The number of benzene rings is 2. The van der Waals surface area contributed by atoms with E-state index in [1.807, 2.05) is 0 Å². The maximum Gasteiger partial charge on any atom is 0.417 e. The normalized spacial score (nSPS) is 11.8. The van der Waals surface area contributed by atoms with E-state index in [1.54, 1.807) is 31.3 Å². The number of nitrogens with zero attached hydrogens (tertiary/aromatic N) is 1. The summed E-state index contributed by atoms with van der Waals surface area (Å²) in [6.45, 7) is 2.15. The van der Waals surface area contributed by atoms with Crippen molar-refractivity contribution in [3.05, 3.63) is 48.2 Å². The first-order valence-electron chi connectivity index (χ1n) is 6.77. The quantitative estimate of drug-likeness (QED) is 0.765. The summed E-state index contributed by atoms with van der Waals surface area (Å²) in [5, 5.41) is 7.43. The number of fused-ring (bicyclic) bond motifs is 1. The number of ether oxygens (including phenoxy) is 1. The standard InChI is InChI=1S/C16H13F3N2O/c1-2-22-15-8-14-10(9-20-21-14)7-12(15)11-5-3-4-6-13(11)16(17,18)19/h3-9H,2H2,1H3,(H,20,21). The van der Waals surface area contributed by atoms with E-state index in [0.29, 0.717) is 17.9 Å². The fourth-order valence-corrected chi connectivity index (χ4v) is 2.42. The molecule has 0 aliphatic rings. The fourth-order valence-electron chi connectivity index (χ4n) is 2.42. The Morgan fingerprint density at radius 2 is 1.91 bits per heavy atom. The van der Waals surface area contributed by atoms with E-state index < -0.39 is 11.7 Å². The number of alkyl halides is 3. The van der Waals surface area contributed by atoms with Crippen LogP contribution in [0.1, 0.15) is 12.5 Å². The zero-order valence-electron chi connectivity index (χ0n) is 11.7. The molecule has 0 saturated heterocycles. The summed E-state index contributed by atoms with van der Waals surface area (Å²) in [6, 6.07) is 8.82. The van der Waals surface area contributed by atoms with Crippen molar-refractivity contribution in [2.75, 3.05) is 6.61 Å². The average Bonchev–Trinajstić information content (AvgIpc) is 2.93. The van der Waals surface area contributed by atoms with Gasteiger partial charge in [-0.3, -0.25) is 5.10 Å². The van der Waals surface area contributed by atoms with Crippen LogP contribution in [-0.2, 0) is 6.18 Å². The number of hydrogen-bond acceptors (Lipinski definition) is 2. The Kier molecular flexibility index (Phi) is 3.52. The predicted octanol–water partition coefficient (Wildman–Crippen LogP) is 4.65. The minimum Gasteiger partial charge on any atom is -0.493 e. The Hall–Kier alpha value is -2.50. The lowest BCUT2D eigenvalue weighted by molar-refractivity contribution is -0.137. The number of H-pyrrole nitrogens is 1. The molecule has 0 aliphatic heterocycles. The molecule has 1 N–H and O–H groups in total. The second kappa shape index (κ2) is 5.36. The van der Waals surface area contributed by atoms with Crippen molar-refractivity contribution in [1.82, 2.24) is 10.2 Å². The van der Waals surface area contributed by atoms with Crippen LogP contribution in [0.3, 0.4) is 0 Å². The highest BCUT2D eigenvalue weighted by Gasteiger charge is 2.34. The fraction of sp³-hybridized carbons (Fsp3) is 0.188. The van der Waals surface area contributed by atoms with Crippen molar-refractivity contribution in [2.24, 2.45) is 0 Å². The van der Waals surface area contributed by atoms with Gasteiger partial charge in [0, 0.05) is 17.0 Å². The highest BCUT2D eigenvalue weighted by Crippen LogP contribution is 2.41. The number of rotatable bonds is 3. The van der Waals surface area contributed by atoms with Gasteiger partial charge in [-0.05, 0) is 24.6 Å². The summed E-state index contributed by atoms with van der Waals surface area (Å²) in [5.74, 6) is 0.399. The molecule has 0 saturated carbocycles. The van der Waals surface area contributed by atoms with Crippen molar-refractivity contribution in [3.8, 4) is 16.9 Å². The van der Waals surface area contributed by atoms with Crippen LogP contribution in [0.15, 0.2) is 42.6 Å². The van der Waals surface area contributed by atoms with E-state index in [4.69, 9.17) is 4.74 Å². The van der Waals surface area contributed by atoms with Crippen molar-refractivity contribution in [1.29, 1.82) is 0 Å². The van der Waals surface area contributed by atoms with Crippen molar-refractivity contribution >= 4 is 10.9 Å². The van der Waals surface area contributed by atoms with Crippen LogP contribution < -0.4 is 4.74 Å². The van der Waals surface area contributed by atoms with Crippen molar-refractivity contribution < 1.29 is 17.9 Å². The molecule has 6 heteroatoms. The SMILES string of the molecule is CCOc1cc2[nH]ncc2cc1-c1ccccc1C(F)(F)F. The molecular weight excluding hydrogens is 293 g/mol. The van der Waals surface area contributed by atoms with Gasteiger partial charge in [0.1, 0.15) is 5.75 Å². The number of aromatic nitrogens is 2. The molecule has 0 bridgehead atoms. The molecule has 0 radical (unpaired) electrons. The Labute approximate surface area is 124 Å². The number of halogens is 3. The third kappa shape index (κ3) is 2.52. The largest absolute Gasteiger partial charge is 0.493 e. The maximum atomic E-state index is 13.2. The second-order valence-electron chi connectivity index (χ2n) is 4.78. The lowest BCUT2D eigenvalue weighted by Crippen LogP contribution is -2.07. The molecular formula is C16H13F3N2O. The predicted molar refractivity (Wildman–Crippen MR) is 77.7 cm³/mol. The van der Waals surface area contributed by atoms with Gasteiger partial charge in [-0.15, -0.1) is 0 Å². The van der Waals surface area contributed by atoms with Gasteiger partial charge in [0.25, 0.3) is 0 Å². The molecule has 3 rings (SSSR count). The Balaban J connectivity index is 2.27. The van der Waals surface area contributed by atoms with Crippen molar-refractivity contribution in [2.45, 2.75) is 13.1 Å². The first-order chi connectivity index (χ1) is 10.5. The van der Waals surface area contributed by atoms with Crippen LogP contribution in [0.2, 0.25) is 0 Å². The topological polar surface area (TPSA) is 37.9 Å². The molecule has 0 fully saturated rings. The van der Waals surface area contributed by atoms with E-state index in [0.717, 1.165) is 17.0 Å². The second-order valence-corrected chi connectivity index (χ2v) is 4.78. The van der Waals surface area contributed by atoms with E-state index >= 15 is 0 Å². The highest BCUT2D eigenvalue weighted by atomic mass is 19.4. The van der Waals surface area contributed by atoms with Gasteiger partial charge in [0.2, 0.25) is 0 Å². The van der Waals surface area contributed by atoms with Crippen LogP contribution in [0.25, 0.3) is 22.0 Å². The monoisotopic (exact) mass is 306 g/mol. The van der Waals surface area contributed by atoms with Crippen LogP contribution in [-0.4, -0.2) is 16.8 Å². The summed E-state index contributed by atoms with van der Waals surface area (Å²) in [5.41, 5.74) is 0.542. The summed E-state index contributed by atoms with van der Waals surface area (Å²) in [4.78, 5) is 0. The number of nitrogens with one attached hydrogen (secondary N) is 1. The summed E-state index contributed by atoms with van der Waals surface area (Å²) in [7, 11) is 0. The molecule has 0 amide bonds. The van der Waals surface area contributed by atoms with Gasteiger partial charge < -0.3 is 4.74 Å². The minimum absolute atomic E-state index is 0.0987. The van der Waals surface area contributed by atoms with Crippen LogP contribution in [0.5, 0.6) is 5.75 Å². The van der Waals surface area contributed by atoms with Gasteiger partial charge in [0.15, 0.2) is 0 Å². The van der Waals surface area contributed by atoms with Gasteiger partial charge >= 0.3 is 6.18 Å². The van der Waals surface area contributed by atoms with Crippen LogP contribution >= 0.6 is 0 Å². The Morgan fingerprint density at radius 1 is 1.14 bits per heavy atom. The lowest BCUT2D eigenvalue weighted by Gasteiger charge is -2.16. The summed E-state index contributed by atoms with van der Waals surface area (Å²) in [6.07, 6.45) is -2.85. The first kappa shape index (κ1) is 14.4. The summed E-state index contributed by atoms with van der Waals surface area (Å²) < 4.78 is 45.3. The van der Waals surface area contributed by atoms with Gasteiger partial charge in [0.05, 0.1) is 23.9 Å². The third-order valence-electron chi connectivity index (χ3n) is 3.36. The molecule has 0 aliphatic carbocycles. The first-order valence-corrected chi connectivity index (χ1v) is 6.77. The smallest absolute Gasteiger partial charge is 0.417 e. The molecule has 0 atom stereocenters. The Morgan fingerprint density at radius 3 is 2.64 bits per heavy atom. The zero-order chi connectivity index (χ0) is 15.7. The van der Waals surface area contributed by atoms with E-state index in [-0.39, 0.29) is 5.56 Å². The molecule has 1 aromatic heterocycles. The molecule has 3 aromatic rings. The van der Waals surface area contributed by atoms with E-state index in [9.17, 15) is 13.2 Å². The number of aromatic amines is 1. The van der Waals surface area contributed by atoms with Gasteiger partial charge in [-0.25, -0.2) is 0 Å². The van der Waals surface area contributed by atoms with E-state index in [2.05, 4.69) is 10.2 Å². The average molecular weight is 306 g/mol. The highest BCUT2D eigenvalue weighted by molar-refractivity contribution is 5.88. The molecule has 114 valence electrons. The molecule has 1 heterocycles. The molecule has 0 spiro atoms. The summed E-state index contributed by atoms with van der Waals surface area (Å²) >= 11 is 0. The zero-order valence-corrected chi connectivity index (χ0v) is 11.7. The van der Waals surface area contributed by atoms with Crippen molar-refractivity contribution in [3.63, 3.8) is 0 Å². The minimum atomic E-state index is -4.43. The third-order valence-corrected chi connectivity index (χ3v) is 3.36. The van der Waals surface area contributed by atoms with Crippen LogP contribution in [0.4, 0.5) is 13.2 Å².